The van der Waals surface area contributed by atoms with E-state index in [4.69, 9.17) is 32.5 Å². The normalized spacial score (nSPS) is 12.5. The molecule has 0 amide bonds. The molecule has 0 bridgehead atoms. The summed E-state index contributed by atoms with van der Waals surface area (Å²) in [5.74, 6) is 6.85. The minimum Gasteiger partial charge on any atom is -0.377 e. The maximum atomic E-state index is 13.6. The summed E-state index contributed by atoms with van der Waals surface area (Å²) in [6, 6.07) is 41.6. The van der Waals surface area contributed by atoms with Crippen LogP contribution in [0.15, 0.2) is 185 Å². The van der Waals surface area contributed by atoms with Crippen LogP contribution in [-0.2, 0) is 84.1 Å². The van der Waals surface area contributed by atoms with E-state index in [1.54, 1.807) is 43.9 Å². The zero-order valence-corrected chi connectivity index (χ0v) is 83.7. The van der Waals surface area contributed by atoms with Crippen molar-refractivity contribution in [2.24, 2.45) is 0 Å². The van der Waals surface area contributed by atoms with Crippen molar-refractivity contribution in [3.8, 4) is 114 Å². The molecule has 27 rings (SSSR count). The van der Waals surface area contributed by atoms with Crippen LogP contribution in [0, 0.1) is 47.4 Å². The van der Waals surface area contributed by atoms with E-state index in [2.05, 4.69) is 216 Å². The number of imidazole rings is 6. The van der Waals surface area contributed by atoms with Gasteiger partial charge in [0.05, 0.1) is 194 Å². The number of para-hydroxylation sites is 6. The lowest BCUT2D eigenvalue weighted by molar-refractivity contribution is 0.130. The van der Waals surface area contributed by atoms with Crippen molar-refractivity contribution in [1.29, 1.82) is 0 Å². The summed E-state index contributed by atoms with van der Waals surface area (Å²) in [7, 11) is 3.32. The number of hydrogen-bond acceptors (Lipinski definition) is 31. The Morgan fingerprint density at radius 2 is 0.803 bits per heavy atom. The summed E-state index contributed by atoms with van der Waals surface area (Å²) < 4.78 is 75.8. The molecule has 6 aliphatic rings. The molecule has 744 valence electrons. The van der Waals surface area contributed by atoms with Gasteiger partial charge in [0.2, 0.25) is 11.7 Å². The second kappa shape index (κ2) is 39.4. The zero-order valence-electron chi connectivity index (χ0n) is 83.7. The quantitative estimate of drug-likeness (QED) is 0.0867. The van der Waals surface area contributed by atoms with Crippen LogP contribution in [0.2, 0.25) is 0 Å². The van der Waals surface area contributed by atoms with Gasteiger partial charge >= 0.3 is 0 Å². The average Bonchev–Trinajstić information content (AvgIpc) is 1.58. The molecular formula is C103H103FN36O7. The second-order valence-electron chi connectivity index (χ2n) is 37.0. The standard InChI is InChI=1S/C20H21N7O2.2C18H17N7O.C18H21N5O2.C15H15N5O.C14H12FN5/c1-11(2)18-22-20(29-25-18)17-15-8-26-16(9-28-4)23-24-19(26)13-7-12(3)5-6-14(13)27(15)10-21-17;1-10(2)18-20-17(22-26-18)16-15-8-14-11(3)21-23-25(14)13-7-5-4-6-12(13)24(15)9-19-16;1-10(2)17-20-18(26-22-17)16-15-8-14-11(3)21-23-25(14)13-7-5-4-6-12(13)24(15)9-19-16;1-3-24-10-13-17-9-18-14(11-25-4-2)20-21-23(18)16-8-6-5-7-15(16)22(17)12-19-13;1-10-3-4-13-12(5-10)15-18-17-14(8-21-2)19(15)7-11-6-16-9-20(11)13;1-8-12-6-13-9(2)17-18-20(13)14-5-10(15)3-4-11(14)19(12)7-16-8/h5-7,10-11H,8-9H2,1-4H3;2*4-7,9-10H,8H2,1-3H3;5-8,12H,3-4,9-11H2,1-2H3;3-6,9H,7-8H2,1-2H3;3-5,7H,6H2,1-2H3. The Kier molecular flexibility index (Phi) is 25.3. The summed E-state index contributed by atoms with van der Waals surface area (Å²) in [4.78, 5) is 40.6. The average molecular weight is 1980 g/mol. The monoisotopic (exact) mass is 1970 g/mol. The van der Waals surface area contributed by atoms with Gasteiger partial charge in [-0.05, 0) is 128 Å². The molecule has 147 heavy (non-hydrogen) atoms. The smallest absolute Gasteiger partial charge is 0.278 e. The van der Waals surface area contributed by atoms with Crippen molar-refractivity contribution < 1.29 is 36.9 Å². The number of nitrogens with zero attached hydrogens (tertiary/aromatic N) is 36. The fourth-order valence-electron chi connectivity index (χ4n) is 18.8. The van der Waals surface area contributed by atoms with Gasteiger partial charge in [0, 0.05) is 88.1 Å². The summed E-state index contributed by atoms with van der Waals surface area (Å²) >= 11 is 0. The number of ether oxygens (including phenoxy) is 4. The van der Waals surface area contributed by atoms with E-state index in [1.807, 2.05) is 188 Å². The first-order chi connectivity index (χ1) is 71.6. The summed E-state index contributed by atoms with van der Waals surface area (Å²) in [6.07, 6.45) is 15.4. The maximum Gasteiger partial charge on any atom is 0.278 e. The van der Waals surface area contributed by atoms with Crippen molar-refractivity contribution >= 4 is 0 Å². The molecule has 0 radical (unpaired) electrons. The lowest BCUT2D eigenvalue weighted by Crippen LogP contribution is -2.09. The SMILES string of the molecule is CCOCc1ncn2c1Cc1c(COCC)nnn1-c1ccccc1-2.COCc1nnc2n1Cc1c(-c3nc(C(C)C)no3)ncn1-c1ccc(C)cc1-2.COCc1nnc2n1Cc1cncn1-c1ccc(C)cc1-2.Cc1ncn2c1Cc1c(C)nnn1-c1cc(F)ccc1-2.Cc1nnn2c1Cc1c(-c3nc(C(C)C)no3)ncn1-c1ccccc1-2.Cc1nnn2c1Cc1c(-c3noc(C(C)C)n3)ncn1-c1ccccc1-2. The minimum absolute atomic E-state index is 0.172. The highest BCUT2D eigenvalue weighted by molar-refractivity contribution is 5.74. The zero-order chi connectivity index (χ0) is 101. The third-order valence-corrected chi connectivity index (χ3v) is 26.4. The van der Waals surface area contributed by atoms with E-state index in [0.717, 1.165) is 188 Å². The Morgan fingerprint density at radius 1 is 0.361 bits per heavy atom. The lowest BCUT2D eigenvalue weighted by Gasteiger charge is -2.09. The Labute approximate surface area is 840 Å². The van der Waals surface area contributed by atoms with E-state index in [9.17, 15) is 4.39 Å². The summed E-state index contributed by atoms with van der Waals surface area (Å²) in [6.45, 7) is 32.4. The minimum atomic E-state index is -0.289. The van der Waals surface area contributed by atoms with Gasteiger partial charge in [-0.15, -0.1) is 40.8 Å². The van der Waals surface area contributed by atoms with Gasteiger partial charge in [-0.25, -0.2) is 53.0 Å². The van der Waals surface area contributed by atoms with E-state index in [1.165, 1.54) is 17.7 Å². The van der Waals surface area contributed by atoms with Crippen LogP contribution in [0.1, 0.15) is 205 Å². The highest BCUT2D eigenvalue weighted by atomic mass is 19.1. The number of hydrogen-bond donors (Lipinski definition) is 0. The molecule has 43 nitrogen and oxygen atoms in total. The van der Waals surface area contributed by atoms with Crippen LogP contribution in [0.4, 0.5) is 4.39 Å². The molecule has 44 heteroatoms. The maximum absolute atomic E-state index is 13.6. The van der Waals surface area contributed by atoms with Gasteiger partial charge in [0.15, 0.2) is 46.3 Å². The van der Waals surface area contributed by atoms with Crippen LogP contribution in [0.3, 0.4) is 0 Å². The summed E-state index contributed by atoms with van der Waals surface area (Å²) in [5.41, 5.74) is 31.8. The van der Waals surface area contributed by atoms with E-state index >= 15 is 0 Å². The molecule has 0 spiro atoms. The predicted molar refractivity (Wildman–Crippen MR) is 531 cm³/mol. The molecule has 0 fully saturated rings. The van der Waals surface area contributed by atoms with Crippen LogP contribution >= 0.6 is 0 Å². The molecule has 0 atom stereocenters. The van der Waals surface area contributed by atoms with Crippen LogP contribution in [0.5, 0.6) is 0 Å². The summed E-state index contributed by atoms with van der Waals surface area (Å²) in [5, 5.41) is 64.0. The van der Waals surface area contributed by atoms with Crippen molar-refractivity contribution in [3.63, 3.8) is 0 Å². The highest BCUT2D eigenvalue weighted by Gasteiger charge is 2.36. The molecule has 0 N–H and O–H groups in total. The van der Waals surface area contributed by atoms with Crippen molar-refractivity contribution in [2.75, 3.05) is 27.4 Å². The molecule has 0 saturated carbocycles. The van der Waals surface area contributed by atoms with Gasteiger partial charge in [0.1, 0.15) is 49.4 Å². The molecule has 21 heterocycles. The van der Waals surface area contributed by atoms with E-state index in [0.29, 0.717) is 131 Å². The molecule has 0 saturated heterocycles. The van der Waals surface area contributed by atoms with Gasteiger partial charge in [-0.2, -0.15) is 15.0 Å². The number of aryl methyl sites for hydroxylation is 6. The van der Waals surface area contributed by atoms with Crippen molar-refractivity contribution in [2.45, 2.75) is 180 Å². The molecule has 6 aromatic carbocycles. The topological polar surface area (TPSA) is 445 Å². The van der Waals surface area contributed by atoms with Gasteiger partial charge in [-0.3, -0.25) is 13.7 Å². The molecule has 21 aromatic rings. The molecule has 15 aromatic heterocycles. The Balaban J connectivity index is 0.000000101. The number of fused-ring (bicyclic) bond motifs is 30. The lowest BCUT2D eigenvalue weighted by atomic mass is 10.1. The molecular weight excluding hydrogens is 1870 g/mol. The number of rotatable bonds is 16. The number of benzene rings is 6. The predicted octanol–water partition coefficient (Wildman–Crippen LogP) is 15.3. The van der Waals surface area contributed by atoms with Crippen LogP contribution in [-0.4, -0.2) is 205 Å². The third kappa shape index (κ3) is 17.4. The van der Waals surface area contributed by atoms with E-state index in [-0.39, 0.29) is 23.6 Å². The fourth-order valence-corrected chi connectivity index (χ4v) is 18.8. The second-order valence-corrected chi connectivity index (χ2v) is 37.0. The first kappa shape index (κ1) is 94.5. The Morgan fingerprint density at radius 3 is 1.33 bits per heavy atom. The van der Waals surface area contributed by atoms with E-state index < -0.39 is 0 Å². The highest BCUT2D eigenvalue weighted by Crippen LogP contribution is 2.42. The van der Waals surface area contributed by atoms with Gasteiger partial charge < -0.3 is 55.4 Å². The van der Waals surface area contributed by atoms with Crippen LogP contribution in [0.25, 0.3) is 114 Å². The fraction of sp³-hybridized carbons (Fsp3) is 0.301. The van der Waals surface area contributed by atoms with Crippen molar-refractivity contribution in [3.05, 3.63) is 309 Å². The number of aromatic nitrogens is 36. The molecule has 0 aliphatic carbocycles. The van der Waals surface area contributed by atoms with Gasteiger partial charge in [0.25, 0.3) is 11.8 Å². The van der Waals surface area contributed by atoms with Gasteiger partial charge in [-0.1, -0.05) is 138 Å². The molecule has 0 unspecified atom stereocenters. The third-order valence-electron chi connectivity index (χ3n) is 26.4. The first-order valence-electron chi connectivity index (χ1n) is 48.4. The van der Waals surface area contributed by atoms with Crippen LogP contribution < -0.4 is 0 Å². The number of methoxy groups -OCH3 is 2. The Bertz CT molecular complexity index is 8220. The molecule has 6 aliphatic heterocycles. The first-order valence-corrected chi connectivity index (χ1v) is 48.4. The Hall–Kier alpha value is -17.4. The van der Waals surface area contributed by atoms with Crippen molar-refractivity contribution in [1.82, 2.24) is 177 Å². The largest absolute Gasteiger partial charge is 0.377 e. The number of halogens is 1.